The summed E-state index contributed by atoms with van der Waals surface area (Å²) < 4.78 is 10.6. The summed E-state index contributed by atoms with van der Waals surface area (Å²) in [5, 5.41) is 12.9. The van der Waals surface area contributed by atoms with E-state index in [-0.39, 0.29) is 18.9 Å². The maximum Gasteiger partial charge on any atom is 0.231 e. The highest BCUT2D eigenvalue weighted by atomic mass is 35.5. The van der Waals surface area contributed by atoms with Crippen molar-refractivity contribution >= 4 is 11.6 Å². The maximum absolute atomic E-state index is 8.97. The van der Waals surface area contributed by atoms with E-state index in [1.807, 2.05) is 12.1 Å². The predicted molar refractivity (Wildman–Crippen MR) is 70.2 cm³/mol. The Balaban J connectivity index is 2.04. The first-order valence-electron chi connectivity index (χ1n) is 5.96. The molecule has 0 aliphatic carbocycles. The van der Waals surface area contributed by atoms with Gasteiger partial charge in [-0.05, 0) is 38.0 Å². The molecule has 0 unspecified atom stereocenters. The zero-order valence-electron chi connectivity index (χ0n) is 10.6. The average Bonchev–Trinajstić information content (AvgIpc) is 2.75. The second kappa shape index (κ2) is 5.34. The van der Waals surface area contributed by atoms with Gasteiger partial charge >= 0.3 is 0 Å². The monoisotopic (exact) mass is 271 g/mol. The SMILES string of the molecule is CC(C)(CCO)NCc1cc(Cl)c2c(c1)OCO2. The summed E-state index contributed by atoms with van der Waals surface area (Å²) in [4.78, 5) is 0. The van der Waals surface area contributed by atoms with Crippen LogP contribution in [0.5, 0.6) is 11.5 Å². The largest absolute Gasteiger partial charge is 0.454 e. The van der Waals surface area contributed by atoms with Crippen molar-refractivity contribution in [3.8, 4) is 11.5 Å². The summed E-state index contributed by atoms with van der Waals surface area (Å²) in [5.74, 6) is 1.31. The van der Waals surface area contributed by atoms with E-state index in [9.17, 15) is 0 Å². The van der Waals surface area contributed by atoms with Crippen LogP contribution < -0.4 is 14.8 Å². The molecule has 2 N–H and O–H groups in total. The van der Waals surface area contributed by atoms with Gasteiger partial charge in [0.1, 0.15) is 0 Å². The van der Waals surface area contributed by atoms with E-state index in [2.05, 4.69) is 19.2 Å². The lowest BCUT2D eigenvalue weighted by Crippen LogP contribution is -2.39. The number of fused-ring (bicyclic) bond motifs is 1. The molecule has 4 nitrogen and oxygen atoms in total. The Labute approximate surface area is 112 Å². The smallest absolute Gasteiger partial charge is 0.231 e. The minimum absolute atomic E-state index is 0.113. The molecule has 1 aromatic carbocycles. The molecule has 1 aliphatic rings. The topological polar surface area (TPSA) is 50.7 Å². The molecule has 2 rings (SSSR count). The first-order valence-corrected chi connectivity index (χ1v) is 6.33. The zero-order chi connectivity index (χ0) is 13.2. The Bertz CT molecular complexity index is 434. The van der Waals surface area contributed by atoms with Crippen LogP contribution in [-0.4, -0.2) is 24.0 Å². The van der Waals surface area contributed by atoms with E-state index in [1.165, 1.54) is 0 Å². The molecular weight excluding hydrogens is 254 g/mol. The van der Waals surface area contributed by atoms with Crippen LogP contribution in [0.4, 0.5) is 0 Å². The van der Waals surface area contributed by atoms with Gasteiger partial charge in [0.15, 0.2) is 11.5 Å². The van der Waals surface area contributed by atoms with Gasteiger partial charge in [-0.2, -0.15) is 0 Å². The van der Waals surface area contributed by atoms with Gasteiger partial charge in [0, 0.05) is 18.7 Å². The molecule has 100 valence electrons. The van der Waals surface area contributed by atoms with Crippen molar-refractivity contribution in [1.82, 2.24) is 5.32 Å². The summed E-state index contributed by atoms with van der Waals surface area (Å²) in [6, 6.07) is 3.80. The highest BCUT2D eigenvalue weighted by Gasteiger charge is 2.20. The van der Waals surface area contributed by atoms with Crippen molar-refractivity contribution in [3.63, 3.8) is 0 Å². The van der Waals surface area contributed by atoms with E-state index in [0.29, 0.717) is 29.5 Å². The lowest BCUT2D eigenvalue weighted by atomic mass is 10.0. The molecule has 0 saturated heterocycles. The van der Waals surface area contributed by atoms with Gasteiger partial charge in [-0.15, -0.1) is 0 Å². The normalized spacial score (nSPS) is 14.0. The third-order valence-electron chi connectivity index (χ3n) is 2.99. The number of nitrogens with one attached hydrogen (secondary N) is 1. The molecule has 0 aromatic heterocycles. The third-order valence-corrected chi connectivity index (χ3v) is 3.28. The quantitative estimate of drug-likeness (QED) is 0.863. The van der Waals surface area contributed by atoms with Crippen molar-refractivity contribution in [1.29, 1.82) is 0 Å². The Morgan fingerprint density at radius 2 is 2.17 bits per heavy atom. The number of rotatable bonds is 5. The molecular formula is C13H18ClNO3. The van der Waals surface area contributed by atoms with Gasteiger partial charge in [0.05, 0.1) is 5.02 Å². The fourth-order valence-electron chi connectivity index (χ4n) is 1.83. The Morgan fingerprint density at radius 1 is 1.39 bits per heavy atom. The number of halogens is 1. The number of aliphatic hydroxyl groups excluding tert-OH is 1. The maximum atomic E-state index is 8.97. The molecule has 0 amide bonds. The van der Waals surface area contributed by atoms with Crippen LogP contribution in [0.2, 0.25) is 5.02 Å². The van der Waals surface area contributed by atoms with Crippen molar-refractivity contribution in [2.24, 2.45) is 0 Å². The first kappa shape index (κ1) is 13.5. The fraction of sp³-hybridized carbons (Fsp3) is 0.538. The third kappa shape index (κ3) is 3.07. The van der Waals surface area contributed by atoms with E-state index in [4.69, 9.17) is 26.2 Å². The van der Waals surface area contributed by atoms with Crippen LogP contribution in [0.15, 0.2) is 12.1 Å². The molecule has 0 spiro atoms. The molecule has 0 radical (unpaired) electrons. The van der Waals surface area contributed by atoms with Crippen LogP contribution in [0, 0.1) is 0 Å². The minimum Gasteiger partial charge on any atom is -0.454 e. The molecule has 0 fully saturated rings. The molecule has 18 heavy (non-hydrogen) atoms. The van der Waals surface area contributed by atoms with Crippen LogP contribution in [0.1, 0.15) is 25.8 Å². The van der Waals surface area contributed by atoms with E-state index >= 15 is 0 Å². The predicted octanol–water partition coefficient (Wildman–Crippen LogP) is 2.32. The lowest BCUT2D eigenvalue weighted by Gasteiger charge is -2.25. The van der Waals surface area contributed by atoms with Gasteiger partial charge < -0.3 is 19.9 Å². The second-order valence-electron chi connectivity index (χ2n) is 5.02. The summed E-state index contributed by atoms with van der Waals surface area (Å²) >= 11 is 6.11. The molecule has 1 heterocycles. The molecule has 1 aliphatic heterocycles. The highest BCUT2D eigenvalue weighted by molar-refractivity contribution is 6.32. The Hall–Kier alpha value is -0.970. The number of hydrogen-bond donors (Lipinski definition) is 2. The summed E-state index contributed by atoms with van der Waals surface area (Å²) in [6.45, 7) is 5.17. The minimum atomic E-state index is -0.113. The van der Waals surface area contributed by atoms with Crippen molar-refractivity contribution in [2.45, 2.75) is 32.4 Å². The van der Waals surface area contributed by atoms with Crippen molar-refractivity contribution < 1.29 is 14.6 Å². The van der Waals surface area contributed by atoms with Gasteiger partial charge in [0.25, 0.3) is 0 Å². The highest BCUT2D eigenvalue weighted by Crippen LogP contribution is 2.39. The van der Waals surface area contributed by atoms with Gasteiger partial charge in [-0.25, -0.2) is 0 Å². The first-order chi connectivity index (χ1) is 8.52. The summed E-state index contributed by atoms with van der Waals surface area (Å²) in [5.41, 5.74) is 0.924. The van der Waals surface area contributed by atoms with Gasteiger partial charge in [-0.3, -0.25) is 0 Å². The van der Waals surface area contributed by atoms with Crippen LogP contribution in [0.25, 0.3) is 0 Å². The lowest BCUT2D eigenvalue weighted by molar-refractivity contribution is 0.174. The molecule has 0 atom stereocenters. The number of aliphatic hydroxyl groups is 1. The van der Waals surface area contributed by atoms with Gasteiger partial charge in [0.2, 0.25) is 6.79 Å². The fourth-order valence-corrected chi connectivity index (χ4v) is 2.12. The van der Waals surface area contributed by atoms with E-state index in [0.717, 1.165) is 5.56 Å². The van der Waals surface area contributed by atoms with E-state index in [1.54, 1.807) is 0 Å². The van der Waals surface area contributed by atoms with Crippen LogP contribution in [0.3, 0.4) is 0 Å². The number of hydrogen-bond acceptors (Lipinski definition) is 4. The van der Waals surface area contributed by atoms with Crippen molar-refractivity contribution in [2.75, 3.05) is 13.4 Å². The van der Waals surface area contributed by atoms with Crippen molar-refractivity contribution in [3.05, 3.63) is 22.7 Å². The summed E-state index contributed by atoms with van der Waals surface area (Å²) in [7, 11) is 0. The standard InChI is InChI=1S/C13H18ClNO3/c1-13(2,3-4-16)15-7-9-5-10(14)12-11(6-9)17-8-18-12/h5-6,15-16H,3-4,7-8H2,1-2H3. The second-order valence-corrected chi connectivity index (χ2v) is 5.43. The Morgan fingerprint density at radius 3 is 2.89 bits per heavy atom. The van der Waals surface area contributed by atoms with Crippen LogP contribution >= 0.6 is 11.6 Å². The van der Waals surface area contributed by atoms with E-state index < -0.39 is 0 Å². The Kier molecular flexibility index (Phi) is 4.00. The molecule has 1 aromatic rings. The average molecular weight is 272 g/mol. The molecule has 0 saturated carbocycles. The molecule has 0 bridgehead atoms. The molecule has 5 heteroatoms. The summed E-state index contributed by atoms with van der Waals surface area (Å²) in [6.07, 6.45) is 0.700. The van der Waals surface area contributed by atoms with Crippen LogP contribution in [-0.2, 0) is 6.54 Å². The number of ether oxygens (including phenoxy) is 2. The van der Waals surface area contributed by atoms with Gasteiger partial charge in [-0.1, -0.05) is 11.6 Å². The zero-order valence-corrected chi connectivity index (χ0v) is 11.4. The number of benzene rings is 1.